The third-order valence-corrected chi connectivity index (χ3v) is 4.40. The van der Waals surface area contributed by atoms with E-state index in [2.05, 4.69) is 27.5 Å². The van der Waals surface area contributed by atoms with Gasteiger partial charge in [-0.1, -0.05) is 30.3 Å². The highest BCUT2D eigenvalue weighted by Crippen LogP contribution is 2.21. The number of carbonyl (C=O) groups excluding carboxylic acids is 1. The fourth-order valence-electron chi connectivity index (χ4n) is 3.12. The van der Waals surface area contributed by atoms with Gasteiger partial charge in [-0.2, -0.15) is 5.10 Å². The van der Waals surface area contributed by atoms with Crippen LogP contribution in [0.15, 0.2) is 60.9 Å². The molecule has 0 fully saturated rings. The van der Waals surface area contributed by atoms with Crippen molar-refractivity contribution >= 4 is 5.91 Å². The number of rotatable bonds is 6. The van der Waals surface area contributed by atoms with Crippen molar-refractivity contribution < 1.29 is 9.53 Å². The van der Waals surface area contributed by atoms with Gasteiger partial charge in [0.05, 0.1) is 6.54 Å². The molecule has 1 amide bonds. The maximum atomic E-state index is 12.3. The molecule has 0 aliphatic carbocycles. The number of amides is 1. The van der Waals surface area contributed by atoms with Gasteiger partial charge in [0.25, 0.3) is 5.91 Å². The Labute approximate surface area is 151 Å². The third kappa shape index (κ3) is 3.74. The number of nitrogens with zero attached hydrogens (tertiary/aromatic N) is 3. The molecule has 1 aliphatic rings. The van der Waals surface area contributed by atoms with Crippen LogP contribution in [0.1, 0.15) is 21.7 Å². The number of aromatic nitrogens is 3. The number of ether oxygens (including phenoxy) is 1. The first kappa shape index (κ1) is 16.3. The molecule has 26 heavy (non-hydrogen) atoms. The van der Waals surface area contributed by atoms with Crippen LogP contribution < -0.4 is 10.1 Å². The highest BCUT2D eigenvalue weighted by Gasteiger charge is 2.26. The maximum absolute atomic E-state index is 12.3. The van der Waals surface area contributed by atoms with Crippen molar-refractivity contribution in [1.29, 1.82) is 0 Å². The first-order valence-electron chi connectivity index (χ1n) is 8.73. The molecule has 0 saturated heterocycles. The monoisotopic (exact) mass is 348 g/mol. The minimum Gasteiger partial charge on any atom is -0.488 e. The average molecular weight is 348 g/mol. The molecule has 3 heterocycles. The van der Waals surface area contributed by atoms with Crippen LogP contribution in [0, 0.1) is 0 Å². The lowest BCUT2D eigenvalue weighted by atomic mass is 10.1. The van der Waals surface area contributed by atoms with E-state index in [1.165, 1.54) is 5.56 Å². The molecular formula is C20H20N4O2. The van der Waals surface area contributed by atoms with Crippen molar-refractivity contribution in [2.75, 3.05) is 6.54 Å². The van der Waals surface area contributed by atoms with E-state index in [-0.39, 0.29) is 12.0 Å². The van der Waals surface area contributed by atoms with Gasteiger partial charge in [0.1, 0.15) is 17.5 Å². The number of fused-ring (bicyclic) bond motifs is 1. The van der Waals surface area contributed by atoms with E-state index in [0.717, 1.165) is 24.3 Å². The van der Waals surface area contributed by atoms with Crippen LogP contribution >= 0.6 is 0 Å². The van der Waals surface area contributed by atoms with Crippen LogP contribution in [0.3, 0.4) is 0 Å². The molecule has 132 valence electrons. The molecule has 1 aromatic carbocycles. The van der Waals surface area contributed by atoms with Gasteiger partial charge in [-0.25, -0.2) is 0 Å². The normalized spacial score (nSPS) is 15.5. The predicted octanol–water partition coefficient (Wildman–Crippen LogP) is 2.25. The zero-order valence-electron chi connectivity index (χ0n) is 14.3. The molecule has 6 heteroatoms. The van der Waals surface area contributed by atoms with E-state index in [9.17, 15) is 4.79 Å². The first-order valence-corrected chi connectivity index (χ1v) is 8.73. The van der Waals surface area contributed by atoms with Crippen molar-refractivity contribution in [3.8, 4) is 5.75 Å². The van der Waals surface area contributed by atoms with Gasteiger partial charge in [0.2, 0.25) is 0 Å². The summed E-state index contributed by atoms with van der Waals surface area (Å²) in [6, 6.07) is 15.6. The standard InChI is InChI=1S/C20H20N4O2/c25-20(22-11-6-15-4-2-1-3-5-15)19-13-16-12-18(14-24(16)23-19)26-17-7-9-21-10-8-17/h1-5,7-10,13,18H,6,11-12,14H2,(H,22,25). The third-order valence-electron chi connectivity index (χ3n) is 4.40. The summed E-state index contributed by atoms with van der Waals surface area (Å²) in [7, 11) is 0. The predicted molar refractivity (Wildman–Crippen MR) is 97.1 cm³/mol. The summed E-state index contributed by atoms with van der Waals surface area (Å²) in [6.07, 6.45) is 5.01. The Balaban J connectivity index is 1.29. The molecular weight excluding hydrogens is 328 g/mol. The number of carbonyl (C=O) groups is 1. The van der Waals surface area contributed by atoms with Gasteiger partial charge in [0.15, 0.2) is 0 Å². The Morgan fingerprint density at radius 3 is 2.77 bits per heavy atom. The zero-order valence-corrected chi connectivity index (χ0v) is 14.3. The van der Waals surface area contributed by atoms with Crippen LogP contribution in [-0.2, 0) is 19.4 Å². The summed E-state index contributed by atoms with van der Waals surface area (Å²) in [5.74, 6) is 0.670. The molecule has 0 radical (unpaired) electrons. The fraction of sp³-hybridized carbons (Fsp3) is 0.250. The van der Waals surface area contributed by atoms with Crippen LogP contribution in [0.4, 0.5) is 0 Å². The van der Waals surface area contributed by atoms with Crippen molar-refractivity contribution in [3.05, 3.63) is 77.9 Å². The molecule has 0 spiro atoms. The molecule has 1 unspecified atom stereocenters. The molecule has 1 N–H and O–H groups in total. The Bertz CT molecular complexity index is 854. The van der Waals surface area contributed by atoms with Crippen molar-refractivity contribution in [3.63, 3.8) is 0 Å². The molecule has 4 rings (SSSR count). The molecule has 6 nitrogen and oxygen atoms in total. The Kier molecular flexibility index (Phi) is 4.64. The Morgan fingerprint density at radius 2 is 2.00 bits per heavy atom. The number of hydrogen-bond acceptors (Lipinski definition) is 4. The van der Waals surface area contributed by atoms with Crippen LogP contribution in [0.25, 0.3) is 0 Å². The molecule has 0 saturated carbocycles. The highest BCUT2D eigenvalue weighted by molar-refractivity contribution is 5.92. The smallest absolute Gasteiger partial charge is 0.271 e. The first-order chi connectivity index (χ1) is 12.8. The van der Waals surface area contributed by atoms with E-state index in [4.69, 9.17) is 4.74 Å². The van der Waals surface area contributed by atoms with E-state index < -0.39 is 0 Å². The Hall–Kier alpha value is -3.15. The summed E-state index contributed by atoms with van der Waals surface area (Å²) in [6.45, 7) is 1.24. The zero-order chi connectivity index (χ0) is 17.8. The Morgan fingerprint density at radius 1 is 1.19 bits per heavy atom. The highest BCUT2D eigenvalue weighted by atomic mass is 16.5. The van der Waals surface area contributed by atoms with Gasteiger partial charge in [-0.05, 0) is 30.2 Å². The summed E-state index contributed by atoms with van der Waals surface area (Å²) in [4.78, 5) is 16.3. The van der Waals surface area contributed by atoms with Crippen molar-refractivity contribution in [1.82, 2.24) is 20.1 Å². The van der Waals surface area contributed by atoms with Gasteiger partial charge in [0, 0.05) is 31.1 Å². The van der Waals surface area contributed by atoms with E-state index in [1.54, 1.807) is 12.4 Å². The van der Waals surface area contributed by atoms with Gasteiger partial charge < -0.3 is 10.1 Å². The van der Waals surface area contributed by atoms with Crippen molar-refractivity contribution in [2.24, 2.45) is 0 Å². The largest absolute Gasteiger partial charge is 0.488 e. The van der Waals surface area contributed by atoms with E-state index in [1.807, 2.05) is 41.1 Å². The molecule has 3 aromatic rings. The average Bonchev–Trinajstić information content (AvgIpc) is 3.22. The SMILES string of the molecule is O=C(NCCc1ccccc1)c1cc2n(n1)CC(Oc1ccncc1)C2. The number of pyridine rings is 1. The number of nitrogens with one attached hydrogen (secondary N) is 1. The molecule has 0 bridgehead atoms. The van der Waals surface area contributed by atoms with Crippen LogP contribution in [0.2, 0.25) is 0 Å². The summed E-state index contributed by atoms with van der Waals surface area (Å²) < 4.78 is 7.79. The van der Waals surface area contributed by atoms with Gasteiger partial charge >= 0.3 is 0 Å². The molecule has 1 atom stereocenters. The quantitative estimate of drug-likeness (QED) is 0.742. The second-order valence-corrected chi connectivity index (χ2v) is 6.32. The summed E-state index contributed by atoms with van der Waals surface area (Å²) in [5.41, 5.74) is 2.70. The lowest BCUT2D eigenvalue weighted by molar-refractivity contribution is 0.0947. The minimum absolute atomic E-state index is 0.0371. The summed E-state index contributed by atoms with van der Waals surface area (Å²) >= 11 is 0. The topological polar surface area (TPSA) is 69.0 Å². The van der Waals surface area contributed by atoms with E-state index >= 15 is 0 Å². The lowest BCUT2D eigenvalue weighted by Gasteiger charge is -2.12. The number of hydrogen-bond donors (Lipinski definition) is 1. The second kappa shape index (κ2) is 7.39. The van der Waals surface area contributed by atoms with Crippen LogP contribution in [-0.4, -0.2) is 33.3 Å². The lowest BCUT2D eigenvalue weighted by Crippen LogP contribution is -2.26. The van der Waals surface area contributed by atoms with E-state index in [0.29, 0.717) is 18.8 Å². The minimum atomic E-state index is -0.130. The van der Waals surface area contributed by atoms with Gasteiger partial charge in [-0.15, -0.1) is 0 Å². The maximum Gasteiger partial charge on any atom is 0.271 e. The fourth-order valence-corrected chi connectivity index (χ4v) is 3.12. The molecule has 1 aliphatic heterocycles. The van der Waals surface area contributed by atoms with Crippen molar-refractivity contribution in [2.45, 2.75) is 25.5 Å². The molecule has 2 aromatic heterocycles. The second-order valence-electron chi connectivity index (χ2n) is 6.32. The van der Waals surface area contributed by atoms with Gasteiger partial charge in [-0.3, -0.25) is 14.5 Å². The van der Waals surface area contributed by atoms with Crippen LogP contribution in [0.5, 0.6) is 5.75 Å². The number of benzene rings is 1. The summed E-state index contributed by atoms with van der Waals surface area (Å²) in [5, 5.41) is 7.35.